The van der Waals surface area contributed by atoms with E-state index in [0.29, 0.717) is 18.1 Å². The van der Waals surface area contributed by atoms with Crippen LogP contribution in [-0.4, -0.2) is 19.7 Å². The van der Waals surface area contributed by atoms with Gasteiger partial charge in [0.15, 0.2) is 0 Å². The molecule has 0 fully saturated rings. The molecule has 3 aromatic rings. The van der Waals surface area contributed by atoms with Crippen LogP contribution in [0, 0.1) is 5.92 Å². The van der Waals surface area contributed by atoms with Crippen molar-refractivity contribution in [2.45, 2.75) is 31.7 Å². The Bertz CT molecular complexity index is 1170. The van der Waals surface area contributed by atoms with E-state index in [0.717, 1.165) is 24.3 Å². The largest absolute Gasteiger partial charge is 0.496 e. The van der Waals surface area contributed by atoms with Crippen molar-refractivity contribution in [3.05, 3.63) is 83.4 Å². The van der Waals surface area contributed by atoms with Gasteiger partial charge in [0.05, 0.1) is 25.3 Å². The first-order valence-corrected chi connectivity index (χ1v) is 11.0. The molecule has 0 radical (unpaired) electrons. The van der Waals surface area contributed by atoms with Gasteiger partial charge in [0, 0.05) is 17.2 Å². The summed E-state index contributed by atoms with van der Waals surface area (Å²) in [4.78, 5) is 12.4. The van der Waals surface area contributed by atoms with Crippen LogP contribution >= 0.6 is 0 Å². The molecule has 1 heterocycles. The number of ether oxygens (including phenoxy) is 2. The minimum Gasteiger partial charge on any atom is -0.496 e. The normalized spacial score (nSPS) is 21.3. The fourth-order valence-electron chi connectivity index (χ4n) is 5.06. The summed E-state index contributed by atoms with van der Waals surface area (Å²) in [5.74, 6) is 1.27. The van der Waals surface area contributed by atoms with E-state index in [-0.39, 0.29) is 17.9 Å². The zero-order chi connectivity index (χ0) is 21.4. The number of benzene rings is 3. The molecular formula is C27H27NO3. The van der Waals surface area contributed by atoms with Crippen molar-refractivity contribution in [3.8, 4) is 5.75 Å². The van der Waals surface area contributed by atoms with E-state index in [1.807, 2.05) is 25.1 Å². The SMILES string of the molecule is CCCOC(=O)c1ccc2c(c1)C1C=CCC1C(c1c(OC)ccc3ccccc13)N2. The second-order valence-electron chi connectivity index (χ2n) is 8.32. The molecule has 1 aliphatic carbocycles. The molecule has 0 aromatic heterocycles. The highest BCUT2D eigenvalue weighted by Crippen LogP contribution is 2.52. The average Bonchev–Trinajstić information content (AvgIpc) is 3.31. The molecule has 1 aliphatic heterocycles. The van der Waals surface area contributed by atoms with E-state index in [4.69, 9.17) is 9.47 Å². The van der Waals surface area contributed by atoms with Crippen LogP contribution in [0.25, 0.3) is 10.8 Å². The Morgan fingerprint density at radius 3 is 2.84 bits per heavy atom. The number of hydrogen-bond acceptors (Lipinski definition) is 4. The summed E-state index contributed by atoms with van der Waals surface area (Å²) in [5.41, 5.74) is 4.06. The standard InChI is InChI=1S/C27H27NO3/c1-3-15-31-27(29)18-11-13-23-22(16-18)20-9-6-10-21(20)26(28-23)25-19-8-5-4-7-17(19)12-14-24(25)30-2/h4-9,11-14,16,20-21,26,28H,3,10,15H2,1-2H3. The van der Waals surface area contributed by atoms with Crippen LogP contribution in [0.3, 0.4) is 0 Å². The highest BCUT2D eigenvalue weighted by atomic mass is 16.5. The molecule has 0 amide bonds. The Balaban J connectivity index is 1.59. The molecule has 3 unspecified atom stereocenters. The first-order chi connectivity index (χ1) is 15.2. The molecule has 0 bridgehead atoms. The molecule has 3 atom stereocenters. The molecule has 4 heteroatoms. The van der Waals surface area contributed by atoms with Crippen molar-refractivity contribution in [2.24, 2.45) is 5.92 Å². The van der Waals surface area contributed by atoms with Crippen molar-refractivity contribution < 1.29 is 14.3 Å². The molecule has 31 heavy (non-hydrogen) atoms. The topological polar surface area (TPSA) is 47.6 Å². The Kier molecular flexibility index (Phi) is 5.14. The maximum absolute atomic E-state index is 12.4. The van der Waals surface area contributed by atoms with Gasteiger partial charge >= 0.3 is 5.97 Å². The van der Waals surface area contributed by atoms with E-state index in [1.165, 1.54) is 21.9 Å². The number of methoxy groups -OCH3 is 1. The summed E-state index contributed by atoms with van der Waals surface area (Å²) in [6, 6.07) is 18.7. The number of carbonyl (C=O) groups excluding carboxylic acids is 1. The second kappa shape index (κ2) is 8.10. The van der Waals surface area contributed by atoms with Crippen LogP contribution in [0.5, 0.6) is 5.75 Å². The summed E-state index contributed by atoms with van der Waals surface area (Å²) >= 11 is 0. The predicted molar refractivity (Wildman–Crippen MR) is 124 cm³/mol. The van der Waals surface area contributed by atoms with Crippen LogP contribution in [0.4, 0.5) is 5.69 Å². The van der Waals surface area contributed by atoms with Crippen LogP contribution in [0.1, 0.15) is 53.2 Å². The van der Waals surface area contributed by atoms with Crippen molar-refractivity contribution in [3.63, 3.8) is 0 Å². The molecule has 0 saturated carbocycles. The number of rotatable bonds is 5. The smallest absolute Gasteiger partial charge is 0.338 e. The lowest BCUT2D eigenvalue weighted by molar-refractivity contribution is 0.0505. The summed E-state index contributed by atoms with van der Waals surface area (Å²) in [7, 11) is 1.74. The third kappa shape index (κ3) is 3.36. The Morgan fingerprint density at radius 1 is 1.13 bits per heavy atom. The number of allylic oxidation sites excluding steroid dienone is 2. The molecule has 3 aromatic carbocycles. The van der Waals surface area contributed by atoms with Gasteiger partial charge in [-0.1, -0.05) is 49.4 Å². The highest BCUT2D eigenvalue weighted by molar-refractivity contribution is 5.91. The zero-order valence-electron chi connectivity index (χ0n) is 17.9. The number of nitrogens with one attached hydrogen (secondary N) is 1. The number of carbonyl (C=O) groups is 1. The van der Waals surface area contributed by atoms with Crippen LogP contribution < -0.4 is 10.1 Å². The second-order valence-corrected chi connectivity index (χ2v) is 8.32. The van der Waals surface area contributed by atoms with E-state index in [2.05, 4.69) is 53.9 Å². The molecule has 4 nitrogen and oxygen atoms in total. The average molecular weight is 414 g/mol. The summed E-state index contributed by atoms with van der Waals surface area (Å²) < 4.78 is 11.2. The van der Waals surface area contributed by atoms with Gasteiger partial charge in [-0.2, -0.15) is 0 Å². The molecular weight excluding hydrogens is 386 g/mol. The predicted octanol–water partition coefficient (Wildman–Crippen LogP) is 6.24. The van der Waals surface area contributed by atoms with E-state index < -0.39 is 0 Å². The van der Waals surface area contributed by atoms with E-state index in [9.17, 15) is 4.79 Å². The Labute approximate surface area is 182 Å². The van der Waals surface area contributed by atoms with Gasteiger partial charge < -0.3 is 14.8 Å². The lowest BCUT2D eigenvalue weighted by Crippen LogP contribution is -2.29. The van der Waals surface area contributed by atoms with Crippen LogP contribution in [0.15, 0.2) is 66.7 Å². The number of fused-ring (bicyclic) bond motifs is 4. The molecule has 1 N–H and O–H groups in total. The maximum atomic E-state index is 12.4. The minimum absolute atomic E-state index is 0.117. The van der Waals surface area contributed by atoms with Crippen molar-refractivity contribution >= 4 is 22.4 Å². The summed E-state index contributed by atoms with van der Waals surface area (Å²) in [6.07, 6.45) is 6.35. The van der Waals surface area contributed by atoms with Gasteiger partial charge in [-0.15, -0.1) is 0 Å². The first-order valence-electron chi connectivity index (χ1n) is 11.0. The minimum atomic E-state index is -0.249. The number of hydrogen-bond donors (Lipinski definition) is 1. The van der Waals surface area contributed by atoms with Crippen LogP contribution in [-0.2, 0) is 4.74 Å². The van der Waals surface area contributed by atoms with E-state index >= 15 is 0 Å². The van der Waals surface area contributed by atoms with Gasteiger partial charge in [-0.05, 0) is 59.4 Å². The Morgan fingerprint density at radius 2 is 2.00 bits per heavy atom. The fraction of sp³-hybridized carbons (Fsp3) is 0.296. The first kappa shape index (κ1) is 19.7. The van der Waals surface area contributed by atoms with E-state index in [1.54, 1.807) is 7.11 Å². The molecule has 0 spiro atoms. The van der Waals surface area contributed by atoms with Crippen molar-refractivity contribution in [2.75, 3.05) is 19.0 Å². The lowest BCUT2D eigenvalue weighted by Gasteiger charge is -2.38. The summed E-state index contributed by atoms with van der Waals surface area (Å²) in [5, 5.41) is 6.22. The van der Waals surface area contributed by atoms with Crippen LogP contribution in [0.2, 0.25) is 0 Å². The molecule has 5 rings (SSSR count). The summed E-state index contributed by atoms with van der Waals surface area (Å²) in [6.45, 7) is 2.45. The van der Waals surface area contributed by atoms with Crippen molar-refractivity contribution in [1.82, 2.24) is 0 Å². The zero-order valence-corrected chi connectivity index (χ0v) is 17.9. The van der Waals surface area contributed by atoms with Gasteiger partial charge in [-0.25, -0.2) is 4.79 Å². The van der Waals surface area contributed by atoms with Crippen molar-refractivity contribution in [1.29, 1.82) is 0 Å². The van der Waals surface area contributed by atoms with Gasteiger partial charge in [-0.3, -0.25) is 0 Å². The Hall–Kier alpha value is -3.27. The van der Waals surface area contributed by atoms with Gasteiger partial charge in [0.25, 0.3) is 0 Å². The van der Waals surface area contributed by atoms with Gasteiger partial charge in [0.2, 0.25) is 0 Å². The molecule has 0 saturated heterocycles. The highest BCUT2D eigenvalue weighted by Gasteiger charge is 2.40. The third-order valence-corrected chi connectivity index (χ3v) is 6.50. The lowest BCUT2D eigenvalue weighted by atomic mass is 9.75. The number of esters is 1. The number of anilines is 1. The fourth-order valence-corrected chi connectivity index (χ4v) is 5.06. The molecule has 2 aliphatic rings. The van der Waals surface area contributed by atoms with Gasteiger partial charge in [0.1, 0.15) is 5.75 Å². The quantitative estimate of drug-likeness (QED) is 0.397. The molecule has 158 valence electrons. The third-order valence-electron chi connectivity index (χ3n) is 6.50. The monoisotopic (exact) mass is 413 g/mol. The maximum Gasteiger partial charge on any atom is 0.338 e.